The van der Waals surface area contributed by atoms with Crippen molar-refractivity contribution in [2.24, 2.45) is 0 Å². The summed E-state index contributed by atoms with van der Waals surface area (Å²) in [6, 6.07) is 0.502. The third kappa shape index (κ3) is 2.99. The molecule has 1 N–H and O–H groups in total. The number of carbonyl (C=O) groups excluding carboxylic acids is 1. The molecule has 0 radical (unpaired) electrons. The normalized spacial score (nSPS) is 30.8. The van der Waals surface area contributed by atoms with Crippen LogP contribution in [0.5, 0.6) is 0 Å². The molecule has 0 aromatic heterocycles. The van der Waals surface area contributed by atoms with Gasteiger partial charge in [-0.1, -0.05) is 58.3 Å². The van der Waals surface area contributed by atoms with Crippen molar-refractivity contribution in [3.05, 3.63) is 0 Å². The molecule has 120 valence electrons. The fourth-order valence-corrected chi connectivity index (χ4v) is 4.79. The van der Waals surface area contributed by atoms with E-state index in [1.807, 2.05) is 0 Å². The summed E-state index contributed by atoms with van der Waals surface area (Å²) < 4.78 is 0. The first-order chi connectivity index (χ1) is 10.3. The Kier molecular flexibility index (Phi) is 4.88. The van der Waals surface area contributed by atoms with Gasteiger partial charge < -0.3 is 4.90 Å². The molecular formula is C18H32N2O. The summed E-state index contributed by atoms with van der Waals surface area (Å²) >= 11 is 0. The maximum absolute atomic E-state index is 13.2. The van der Waals surface area contributed by atoms with E-state index >= 15 is 0 Å². The molecule has 0 aromatic rings. The van der Waals surface area contributed by atoms with Crippen LogP contribution < -0.4 is 5.32 Å². The van der Waals surface area contributed by atoms with E-state index in [-0.39, 0.29) is 5.54 Å². The molecule has 1 saturated heterocycles. The fourth-order valence-electron chi connectivity index (χ4n) is 4.79. The lowest BCUT2D eigenvalue weighted by Gasteiger charge is -2.34. The molecule has 3 fully saturated rings. The molecule has 3 rings (SSSR count). The summed E-state index contributed by atoms with van der Waals surface area (Å²) in [7, 11) is 0. The minimum atomic E-state index is -0.178. The molecule has 1 amide bonds. The lowest BCUT2D eigenvalue weighted by atomic mass is 9.93. The summed E-state index contributed by atoms with van der Waals surface area (Å²) in [6.45, 7) is 2.24. The van der Waals surface area contributed by atoms with Gasteiger partial charge in [0.25, 0.3) is 0 Å². The summed E-state index contributed by atoms with van der Waals surface area (Å²) in [4.78, 5) is 15.5. The van der Waals surface area contributed by atoms with Gasteiger partial charge in [0.1, 0.15) is 0 Å². The quantitative estimate of drug-likeness (QED) is 0.853. The first-order valence-electron chi connectivity index (χ1n) is 9.37. The van der Waals surface area contributed by atoms with Crippen molar-refractivity contribution in [1.29, 1.82) is 0 Å². The molecular weight excluding hydrogens is 260 g/mol. The molecule has 3 aliphatic rings. The SMILES string of the molecule is CCCC1NC2(CCCC2)C(=O)N1C1CCCCCCC1. The zero-order chi connectivity index (χ0) is 14.7. The number of hydrogen-bond acceptors (Lipinski definition) is 2. The van der Waals surface area contributed by atoms with Crippen LogP contribution in [0.2, 0.25) is 0 Å². The molecule has 2 saturated carbocycles. The average Bonchev–Trinajstić information content (AvgIpc) is 2.99. The van der Waals surface area contributed by atoms with Gasteiger partial charge in [0.05, 0.1) is 11.7 Å². The van der Waals surface area contributed by atoms with E-state index in [4.69, 9.17) is 0 Å². The standard InChI is InChI=1S/C18H32N2O/c1-2-10-16-19-18(13-8-9-14-18)17(21)20(16)15-11-6-4-3-5-7-12-15/h15-16,19H,2-14H2,1H3. The van der Waals surface area contributed by atoms with E-state index in [1.54, 1.807) is 0 Å². The van der Waals surface area contributed by atoms with E-state index in [1.165, 1.54) is 57.8 Å². The number of hydrogen-bond donors (Lipinski definition) is 1. The van der Waals surface area contributed by atoms with Crippen LogP contribution in [0.25, 0.3) is 0 Å². The molecule has 0 bridgehead atoms. The van der Waals surface area contributed by atoms with Gasteiger partial charge in [0, 0.05) is 6.04 Å². The van der Waals surface area contributed by atoms with Gasteiger partial charge in [-0.3, -0.25) is 10.1 Å². The molecule has 21 heavy (non-hydrogen) atoms. The zero-order valence-electron chi connectivity index (χ0n) is 13.7. The zero-order valence-corrected chi connectivity index (χ0v) is 13.7. The molecule has 1 spiro atoms. The van der Waals surface area contributed by atoms with Crippen LogP contribution in [-0.4, -0.2) is 28.6 Å². The highest BCUT2D eigenvalue weighted by atomic mass is 16.2. The highest BCUT2D eigenvalue weighted by molar-refractivity contribution is 5.89. The Bertz CT molecular complexity index is 354. The van der Waals surface area contributed by atoms with E-state index in [0.717, 1.165) is 25.7 Å². The second-order valence-electron chi connectivity index (χ2n) is 7.45. The fraction of sp³-hybridized carbons (Fsp3) is 0.944. The highest BCUT2D eigenvalue weighted by Gasteiger charge is 2.53. The Morgan fingerprint density at radius 2 is 1.67 bits per heavy atom. The molecule has 1 aliphatic heterocycles. The Morgan fingerprint density at radius 3 is 2.29 bits per heavy atom. The minimum Gasteiger partial charge on any atom is -0.323 e. The third-order valence-electron chi connectivity index (χ3n) is 5.91. The van der Waals surface area contributed by atoms with E-state index in [2.05, 4.69) is 17.1 Å². The summed E-state index contributed by atoms with van der Waals surface area (Å²) in [5.74, 6) is 0.448. The number of carbonyl (C=O) groups is 1. The van der Waals surface area contributed by atoms with E-state index in [0.29, 0.717) is 18.1 Å². The summed E-state index contributed by atoms with van der Waals surface area (Å²) in [5.41, 5.74) is -0.178. The van der Waals surface area contributed by atoms with Crippen molar-refractivity contribution >= 4 is 5.91 Å². The highest BCUT2D eigenvalue weighted by Crippen LogP contribution is 2.39. The van der Waals surface area contributed by atoms with Crippen LogP contribution in [-0.2, 0) is 4.79 Å². The van der Waals surface area contributed by atoms with E-state index in [9.17, 15) is 4.79 Å². The first kappa shape index (κ1) is 15.3. The van der Waals surface area contributed by atoms with Crippen LogP contribution in [0, 0.1) is 0 Å². The molecule has 3 heteroatoms. The van der Waals surface area contributed by atoms with Gasteiger partial charge in [0.15, 0.2) is 0 Å². The monoisotopic (exact) mass is 292 g/mol. The Morgan fingerprint density at radius 1 is 1.05 bits per heavy atom. The first-order valence-corrected chi connectivity index (χ1v) is 9.37. The molecule has 1 atom stereocenters. The van der Waals surface area contributed by atoms with Crippen LogP contribution in [0.4, 0.5) is 0 Å². The Balaban J connectivity index is 1.77. The van der Waals surface area contributed by atoms with Crippen molar-refractivity contribution in [3.63, 3.8) is 0 Å². The molecule has 2 aliphatic carbocycles. The maximum atomic E-state index is 13.2. The molecule has 0 aromatic carbocycles. The third-order valence-corrected chi connectivity index (χ3v) is 5.91. The second kappa shape index (κ2) is 6.68. The van der Waals surface area contributed by atoms with Crippen molar-refractivity contribution in [1.82, 2.24) is 10.2 Å². The van der Waals surface area contributed by atoms with Crippen molar-refractivity contribution < 1.29 is 4.79 Å². The molecule has 1 heterocycles. The van der Waals surface area contributed by atoms with Gasteiger partial charge in [0.2, 0.25) is 5.91 Å². The topological polar surface area (TPSA) is 32.3 Å². The lowest BCUT2D eigenvalue weighted by molar-refractivity contribution is -0.135. The largest absolute Gasteiger partial charge is 0.323 e. The van der Waals surface area contributed by atoms with Crippen LogP contribution in [0.1, 0.15) is 90.4 Å². The Hall–Kier alpha value is -0.570. The number of nitrogens with zero attached hydrogens (tertiary/aromatic N) is 1. The van der Waals surface area contributed by atoms with Crippen molar-refractivity contribution in [3.8, 4) is 0 Å². The number of nitrogens with one attached hydrogen (secondary N) is 1. The van der Waals surface area contributed by atoms with Crippen LogP contribution >= 0.6 is 0 Å². The molecule has 3 nitrogen and oxygen atoms in total. The van der Waals surface area contributed by atoms with Crippen molar-refractivity contribution in [2.45, 2.75) is 108 Å². The van der Waals surface area contributed by atoms with Gasteiger partial charge >= 0.3 is 0 Å². The smallest absolute Gasteiger partial charge is 0.244 e. The van der Waals surface area contributed by atoms with Crippen LogP contribution in [0.3, 0.4) is 0 Å². The second-order valence-corrected chi connectivity index (χ2v) is 7.45. The lowest BCUT2D eigenvalue weighted by Crippen LogP contribution is -2.46. The average molecular weight is 292 g/mol. The van der Waals surface area contributed by atoms with Crippen LogP contribution in [0.15, 0.2) is 0 Å². The van der Waals surface area contributed by atoms with Crippen molar-refractivity contribution in [2.75, 3.05) is 0 Å². The van der Waals surface area contributed by atoms with Gasteiger partial charge in [-0.15, -0.1) is 0 Å². The summed E-state index contributed by atoms with van der Waals surface area (Å²) in [6.07, 6.45) is 16.3. The molecule has 1 unspecified atom stereocenters. The number of rotatable bonds is 3. The van der Waals surface area contributed by atoms with Gasteiger partial charge in [-0.05, 0) is 32.1 Å². The van der Waals surface area contributed by atoms with E-state index < -0.39 is 0 Å². The minimum absolute atomic E-state index is 0.178. The summed E-state index contributed by atoms with van der Waals surface area (Å²) in [5, 5.41) is 3.78. The van der Waals surface area contributed by atoms with Gasteiger partial charge in [-0.2, -0.15) is 0 Å². The predicted molar refractivity (Wildman–Crippen MR) is 86.0 cm³/mol. The number of amides is 1. The predicted octanol–water partition coefficient (Wildman–Crippen LogP) is 3.97. The van der Waals surface area contributed by atoms with Gasteiger partial charge in [-0.25, -0.2) is 0 Å². The maximum Gasteiger partial charge on any atom is 0.244 e. The Labute approximate surface area is 129 Å².